The Morgan fingerprint density at radius 3 is 1.32 bits per heavy atom. The minimum atomic E-state index is -0.999. The fourth-order valence-electron chi connectivity index (χ4n) is 3.04. The Kier molecular flexibility index (Phi) is 15.5. The molecular formula is C23H27I3N4O11. The molecule has 0 spiro atoms. The summed E-state index contributed by atoms with van der Waals surface area (Å²) in [6, 6.07) is -0.952. The van der Waals surface area contributed by atoms with E-state index < -0.39 is 53.9 Å². The van der Waals surface area contributed by atoms with Crippen LogP contribution in [0.25, 0.3) is 0 Å². The highest BCUT2D eigenvalue weighted by Crippen LogP contribution is 2.35. The molecule has 0 aromatic heterocycles. The summed E-state index contributed by atoms with van der Waals surface area (Å²) in [4.78, 5) is 83.6. The lowest BCUT2D eigenvalue weighted by Crippen LogP contribution is -2.40. The first-order chi connectivity index (χ1) is 19.0. The van der Waals surface area contributed by atoms with E-state index in [-0.39, 0.29) is 53.8 Å². The van der Waals surface area contributed by atoms with Gasteiger partial charge in [0.15, 0.2) is 12.2 Å². The maximum Gasteiger partial charge on any atom is 0.316 e. The first-order valence-corrected chi connectivity index (χ1v) is 14.7. The van der Waals surface area contributed by atoms with E-state index in [1.807, 2.05) is 45.2 Å². The van der Waals surface area contributed by atoms with Gasteiger partial charge in [-0.25, -0.2) is 4.79 Å². The van der Waals surface area contributed by atoms with E-state index in [1.54, 1.807) is 22.6 Å². The second-order valence-electron chi connectivity index (χ2n) is 8.04. The van der Waals surface area contributed by atoms with E-state index in [4.69, 9.17) is 24.7 Å². The molecule has 0 heterocycles. The van der Waals surface area contributed by atoms with Crippen LogP contribution in [0.4, 0.5) is 10.5 Å². The summed E-state index contributed by atoms with van der Waals surface area (Å²) in [6.07, 6.45) is -2.00. The molecule has 0 aliphatic rings. The van der Waals surface area contributed by atoms with Gasteiger partial charge >= 0.3 is 29.9 Å². The van der Waals surface area contributed by atoms with Crippen molar-refractivity contribution in [3.05, 3.63) is 21.8 Å². The summed E-state index contributed by atoms with van der Waals surface area (Å²) in [5.74, 6) is -3.97. The number of benzene rings is 1. The largest absolute Gasteiger partial charge is 0.462 e. The molecule has 41 heavy (non-hydrogen) atoms. The van der Waals surface area contributed by atoms with E-state index in [0.717, 1.165) is 13.8 Å². The molecule has 0 saturated carbocycles. The van der Waals surface area contributed by atoms with Crippen molar-refractivity contribution in [2.45, 2.75) is 39.9 Å². The Bertz CT molecular complexity index is 1140. The molecule has 0 radical (unpaired) electrons. The molecule has 15 nitrogen and oxygen atoms in total. The highest BCUT2D eigenvalue weighted by molar-refractivity contribution is 14.1. The van der Waals surface area contributed by atoms with Crippen molar-refractivity contribution < 1.29 is 52.5 Å². The molecule has 1 rings (SSSR count). The van der Waals surface area contributed by atoms with E-state index in [1.165, 1.54) is 13.8 Å². The maximum absolute atomic E-state index is 13.3. The lowest BCUT2D eigenvalue weighted by molar-refractivity contribution is -0.155. The summed E-state index contributed by atoms with van der Waals surface area (Å²) < 4.78 is 20.6. The Labute approximate surface area is 275 Å². The number of carbonyl (C=O) groups is 7. The molecule has 1 aromatic rings. The van der Waals surface area contributed by atoms with Gasteiger partial charge in [0.1, 0.15) is 13.2 Å². The molecule has 5 N–H and O–H groups in total. The van der Waals surface area contributed by atoms with Crippen LogP contribution in [0, 0.1) is 10.7 Å². The molecule has 2 atom stereocenters. The minimum Gasteiger partial charge on any atom is -0.462 e. The third kappa shape index (κ3) is 12.5. The van der Waals surface area contributed by atoms with Crippen molar-refractivity contribution in [2.24, 2.45) is 5.73 Å². The molecule has 18 heteroatoms. The zero-order chi connectivity index (χ0) is 31.4. The monoisotopic (exact) mass is 916 g/mol. The number of urea groups is 1. The first kappa shape index (κ1) is 36.5. The summed E-state index contributed by atoms with van der Waals surface area (Å²) >= 11 is 5.42. The van der Waals surface area contributed by atoms with Gasteiger partial charge in [-0.05, 0) is 67.8 Å². The van der Waals surface area contributed by atoms with Crippen molar-refractivity contribution in [2.75, 3.05) is 31.6 Å². The van der Waals surface area contributed by atoms with Gasteiger partial charge in [-0.3, -0.25) is 28.8 Å². The zero-order valence-electron chi connectivity index (χ0n) is 22.2. The minimum absolute atomic E-state index is 0.00831. The number of amides is 4. The molecule has 1 aromatic carbocycles. The average Bonchev–Trinajstić information content (AvgIpc) is 2.84. The van der Waals surface area contributed by atoms with Gasteiger partial charge < -0.3 is 40.6 Å². The number of anilines is 1. The number of hydrogen-bond acceptors (Lipinski definition) is 11. The van der Waals surface area contributed by atoms with Gasteiger partial charge in [-0.1, -0.05) is 0 Å². The smallest absolute Gasteiger partial charge is 0.316 e. The van der Waals surface area contributed by atoms with Gasteiger partial charge in [0.2, 0.25) is 0 Å². The molecule has 0 aliphatic carbocycles. The van der Waals surface area contributed by atoms with Gasteiger partial charge in [0.25, 0.3) is 11.8 Å². The number of nitrogens with two attached hydrogens (primary N) is 1. The molecule has 0 aliphatic heterocycles. The summed E-state index contributed by atoms with van der Waals surface area (Å²) in [5.41, 5.74) is 5.39. The third-order valence-electron chi connectivity index (χ3n) is 4.61. The Morgan fingerprint density at radius 1 is 0.659 bits per heavy atom. The number of ether oxygens (including phenoxy) is 4. The van der Waals surface area contributed by atoms with Crippen LogP contribution in [0.15, 0.2) is 0 Å². The highest BCUT2D eigenvalue weighted by Gasteiger charge is 2.29. The SMILES string of the molecule is CC(=O)OCC(CNC(=O)c1c(I)c(NC(N)=O)c(I)c(C(=O)NCC(COC(C)=O)OC(C)=O)c1I)OC(C)=O. The van der Waals surface area contributed by atoms with Crippen molar-refractivity contribution in [3.8, 4) is 0 Å². The van der Waals surface area contributed by atoms with Gasteiger partial charge in [0.05, 0.1) is 37.0 Å². The topological polar surface area (TPSA) is 219 Å². The predicted molar refractivity (Wildman–Crippen MR) is 167 cm³/mol. The summed E-state index contributed by atoms with van der Waals surface area (Å²) in [5, 5.41) is 7.56. The number of primary amides is 1. The number of rotatable bonds is 13. The molecule has 226 valence electrons. The third-order valence-corrected chi connectivity index (χ3v) is 7.85. The van der Waals surface area contributed by atoms with Crippen LogP contribution >= 0.6 is 67.8 Å². The molecule has 0 saturated heterocycles. The van der Waals surface area contributed by atoms with Crippen LogP contribution in [0.5, 0.6) is 0 Å². The van der Waals surface area contributed by atoms with Crippen molar-refractivity contribution in [1.29, 1.82) is 0 Å². The van der Waals surface area contributed by atoms with Crippen molar-refractivity contribution in [1.82, 2.24) is 10.6 Å². The van der Waals surface area contributed by atoms with E-state index >= 15 is 0 Å². The molecule has 4 amide bonds. The Balaban J connectivity index is 3.39. The number of carbonyl (C=O) groups excluding carboxylic acids is 7. The van der Waals surface area contributed by atoms with Gasteiger partial charge in [-0.15, -0.1) is 0 Å². The molecule has 2 unspecified atom stereocenters. The van der Waals surface area contributed by atoms with Crippen LogP contribution in [-0.2, 0) is 38.1 Å². The number of nitrogens with one attached hydrogen (secondary N) is 3. The molecule has 0 fully saturated rings. The number of hydrogen-bond donors (Lipinski definition) is 4. The van der Waals surface area contributed by atoms with Crippen LogP contribution in [0.2, 0.25) is 0 Å². The lowest BCUT2D eigenvalue weighted by Gasteiger charge is -2.21. The fourth-order valence-corrected chi connectivity index (χ4v) is 7.46. The van der Waals surface area contributed by atoms with Crippen molar-refractivity contribution >= 4 is 115 Å². The summed E-state index contributed by atoms with van der Waals surface area (Å²) in [6.45, 7) is 3.53. The predicted octanol–water partition coefficient (Wildman–Crippen LogP) is 1.44. The van der Waals surface area contributed by atoms with Gasteiger partial charge in [-0.2, -0.15) is 0 Å². The standard InChI is InChI=1S/C23H27I3N4O11/c1-9(31)38-7-13(40-11(3)33)5-28-21(35)15-17(24)16(19(26)20(18(15)25)30-23(27)37)22(36)29-6-14(41-12(4)34)8-39-10(2)32/h13-14H,5-8H2,1-4H3,(H,28,35)(H,29,36)(H3,27,30,37). The summed E-state index contributed by atoms with van der Waals surface area (Å²) in [7, 11) is 0. The lowest BCUT2D eigenvalue weighted by atomic mass is 10.1. The van der Waals surface area contributed by atoms with Crippen LogP contribution in [0.1, 0.15) is 48.4 Å². The fraction of sp³-hybridized carbons (Fsp3) is 0.435. The van der Waals surface area contributed by atoms with Crippen molar-refractivity contribution in [3.63, 3.8) is 0 Å². The zero-order valence-corrected chi connectivity index (χ0v) is 28.7. The van der Waals surface area contributed by atoms with E-state index in [2.05, 4.69) is 16.0 Å². The van der Waals surface area contributed by atoms with Crippen LogP contribution in [0.3, 0.4) is 0 Å². The van der Waals surface area contributed by atoms with Gasteiger partial charge in [0, 0.05) is 31.3 Å². The second-order valence-corrected chi connectivity index (χ2v) is 11.3. The molecule has 0 bridgehead atoms. The van der Waals surface area contributed by atoms with Crippen LogP contribution < -0.4 is 21.7 Å². The Hall–Kier alpha value is -2.50. The first-order valence-electron chi connectivity index (χ1n) is 11.5. The average molecular weight is 916 g/mol. The van der Waals surface area contributed by atoms with E-state index in [9.17, 15) is 33.6 Å². The van der Waals surface area contributed by atoms with E-state index in [0.29, 0.717) is 0 Å². The number of halogens is 3. The quantitative estimate of drug-likeness (QED) is 0.126. The molecular weight excluding hydrogens is 889 g/mol. The second kappa shape index (κ2) is 17.5. The normalized spacial score (nSPS) is 11.8. The number of esters is 4. The van der Waals surface area contributed by atoms with Crippen LogP contribution in [-0.4, -0.2) is 80.2 Å². The Morgan fingerprint density at radius 2 is 1.02 bits per heavy atom. The highest BCUT2D eigenvalue weighted by atomic mass is 127. The maximum atomic E-state index is 13.3.